The number of carbonyl (C=O) groups is 1. The van der Waals surface area contributed by atoms with Crippen molar-refractivity contribution in [2.24, 2.45) is 0 Å². The SMILES string of the molecule is COC(=O)c1ccc(N[C@@H](C)c2cc3c(=O)[nH]c(C)nc3cc2C(F)(F)F)c(C2CC2)c1. The lowest BCUT2D eigenvalue weighted by atomic mass is 9.97. The van der Waals surface area contributed by atoms with Gasteiger partial charge in [-0.2, -0.15) is 13.2 Å². The molecule has 1 heterocycles. The summed E-state index contributed by atoms with van der Waals surface area (Å²) in [4.78, 5) is 30.8. The van der Waals surface area contributed by atoms with E-state index in [-0.39, 0.29) is 28.2 Å². The van der Waals surface area contributed by atoms with Crippen LogP contribution in [0.5, 0.6) is 0 Å². The van der Waals surface area contributed by atoms with Gasteiger partial charge in [0.25, 0.3) is 5.56 Å². The van der Waals surface area contributed by atoms with Crippen molar-refractivity contribution in [2.45, 2.75) is 44.8 Å². The highest BCUT2D eigenvalue weighted by Gasteiger charge is 2.36. The number of methoxy groups -OCH3 is 1. The third kappa shape index (κ3) is 4.19. The number of anilines is 1. The molecule has 6 nitrogen and oxygen atoms in total. The van der Waals surface area contributed by atoms with Gasteiger partial charge >= 0.3 is 12.1 Å². The average molecular weight is 445 g/mol. The van der Waals surface area contributed by atoms with E-state index in [2.05, 4.69) is 15.3 Å². The summed E-state index contributed by atoms with van der Waals surface area (Å²) in [5.41, 5.74) is 0.510. The van der Waals surface area contributed by atoms with Gasteiger partial charge in [-0.1, -0.05) is 0 Å². The quantitative estimate of drug-likeness (QED) is 0.535. The summed E-state index contributed by atoms with van der Waals surface area (Å²) >= 11 is 0. The molecule has 0 spiro atoms. The summed E-state index contributed by atoms with van der Waals surface area (Å²) in [6.45, 7) is 3.13. The number of esters is 1. The van der Waals surface area contributed by atoms with Crippen LogP contribution in [0.25, 0.3) is 10.9 Å². The molecule has 1 aliphatic carbocycles. The van der Waals surface area contributed by atoms with Gasteiger partial charge < -0.3 is 15.0 Å². The lowest BCUT2D eigenvalue weighted by Gasteiger charge is -2.23. The number of nitrogens with one attached hydrogen (secondary N) is 2. The van der Waals surface area contributed by atoms with E-state index in [1.165, 1.54) is 20.1 Å². The Morgan fingerprint density at radius 3 is 2.59 bits per heavy atom. The predicted molar refractivity (Wildman–Crippen MR) is 114 cm³/mol. The number of hydrogen-bond acceptors (Lipinski definition) is 5. The second-order valence-corrected chi connectivity index (χ2v) is 8.04. The van der Waals surface area contributed by atoms with Crippen LogP contribution < -0.4 is 10.9 Å². The Bertz CT molecular complexity index is 1260. The number of aromatic amines is 1. The molecule has 0 radical (unpaired) electrons. The Morgan fingerprint density at radius 1 is 1.25 bits per heavy atom. The summed E-state index contributed by atoms with van der Waals surface area (Å²) < 4.78 is 46.4. The Morgan fingerprint density at radius 2 is 1.97 bits per heavy atom. The predicted octanol–water partition coefficient (Wildman–Crippen LogP) is 5.09. The van der Waals surface area contributed by atoms with Gasteiger partial charge in [-0.15, -0.1) is 0 Å². The number of nitrogens with zero attached hydrogens (tertiary/aromatic N) is 1. The van der Waals surface area contributed by atoms with Crippen LogP contribution in [-0.2, 0) is 10.9 Å². The maximum Gasteiger partial charge on any atom is 0.416 e. The van der Waals surface area contributed by atoms with Crippen LogP contribution in [0.4, 0.5) is 18.9 Å². The monoisotopic (exact) mass is 445 g/mol. The first-order chi connectivity index (χ1) is 15.1. The zero-order valence-corrected chi connectivity index (χ0v) is 17.8. The van der Waals surface area contributed by atoms with Crippen LogP contribution in [0.2, 0.25) is 0 Å². The number of halogens is 3. The molecule has 168 valence electrons. The minimum absolute atomic E-state index is 0.00405. The molecule has 2 N–H and O–H groups in total. The Balaban J connectivity index is 1.78. The first-order valence-electron chi connectivity index (χ1n) is 10.2. The molecular weight excluding hydrogens is 423 g/mol. The van der Waals surface area contributed by atoms with Crippen LogP contribution in [0.3, 0.4) is 0 Å². The minimum Gasteiger partial charge on any atom is -0.465 e. The van der Waals surface area contributed by atoms with Gasteiger partial charge in [-0.25, -0.2) is 9.78 Å². The lowest BCUT2D eigenvalue weighted by molar-refractivity contribution is -0.138. The zero-order chi connectivity index (χ0) is 23.2. The fourth-order valence-corrected chi connectivity index (χ4v) is 3.91. The summed E-state index contributed by atoms with van der Waals surface area (Å²) in [5.74, 6) is 0.0136. The number of ether oxygens (including phenoxy) is 1. The number of rotatable bonds is 5. The topological polar surface area (TPSA) is 84.1 Å². The van der Waals surface area contributed by atoms with Gasteiger partial charge in [-0.05, 0) is 74.1 Å². The molecule has 0 bridgehead atoms. The van der Waals surface area contributed by atoms with Crippen LogP contribution >= 0.6 is 0 Å². The maximum atomic E-state index is 13.9. The van der Waals surface area contributed by atoms with Crippen molar-refractivity contribution in [2.75, 3.05) is 12.4 Å². The first kappa shape index (κ1) is 21.9. The van der Waals surface area contributed by atoms with E-state index in [0.717, 1.165) is 24.5 Å². The smallest absolute Gasteiger partial charge is 0.416 e. The Hall–Kier alpha value is -3.36. The van der Waals surface area contributed by atoms with Crippen LogP contribution in [0.1, 0.15) is 64.6 Å². The van der Waals surface area contributed by atoms with Gasteiger partial charge in [0.05, 0.1) is 29.1 Å². The average Bonchev–Trinajstić information content (AvgIpc) is 3.57. The third-order valence-corrected chi connectivity index (χ3v) is 5.63. The van der Waals surface area contributed by atoms with Crippen LogP contribution in [-0.4, -0.2) is 23.0 Å². The van der Waals surface area contributed by atoms with E-state index >= 15 is 0 Å². The van der Waals surface area contributed by atoms with E-state index in [1.54, 1.807) is 25.1 Å². The molecule has 0 aliphatic heterocycles. The molecule has 2 aromatic carbocycles. The molecule has 0 amide bonds. The highest BCUT2D eigenvalue weighted by molar-refractivity contribution is 5.90. The fraction of sp³-hybridized carbons (Fsp3) is 0.348. The van der Waals surface area contributed by atoms with E-state index < -0.39 is 29.3 Å². The summed E-state index contributed by atoms with van der Waals surface area (Å²) in [6.07, 6.45) is -2.73. The molecule has 4 rings (SSSR count). The minimum atomic E-state index is -4.62. The van der Waals surface area contributed by atoms with E-state index in [9.17, 15) is 22.8 Å². The molecule has 0 saturated heterocycles. The molecule has 1 aromatic heterocycles. The van der Waals surface area contributed by atoms with Crippen molar-refractivity contribution >= 4 is 22.6 Å². The third-order valence-electron chi connectivity index (χ3n) is 5.63. The second kappa shape index (κ2) is 7.96. The number of aromatic nitrogens is 2. The Kier molecular flexibility index (Phi) is 5.44. The van der Waals surface area contributed by atoms with Crippen molar-refractivity contribution in [1.82, 2.24) is 9.97 Å². The number of hydrogen-bond donors (Lipinski definition) is 2. The number of carbonyl (C=O) groups excluding carboxylic acids is 1. The molecule has 3 aromatic rings. The summed E-state index contributed by atoms with van der Waals surface area (Å²) in [5, 5.41) is 3.25. The first-order valence-corrected chi connectivity index (χ1v) is 10.2. The molecular formula is C23H22F3N3O3. The highest BCUT2D eigenvalue weighted by Crippen LogP contribution is 2.45. The Labute approximate surface area is 181 Å². The summed E-state index contributed by atoms with van der Waals surface area (Å²) in [7, 11) is 1.30. The molecule has 1 aliphatic rings. The van der Waals surface area contributed by atoms with Gasteiger partial charge in [-0.3, -0.25) is 4.79 Å². The van der Waals surface area contributed by atoms with Gasteiger partial charge in [0, 0.05) is 11.7 Å². The van der Waals surface area contributed by atoms with Crippen molar-refractivity contribution in [3.63, 3.8) is 0 Å². The maximum absolute atomic E-state index is 13.9. The van der Waals surface area contributed by atoms with E-state index in [1.807, 2.05) is 0 Å². The van der Waals surface area contributed by atoms with Crippen LogP contribution in [0.15, 0.2) is 35.1 Å². The lowest BCUT2D eigenvalue weighted by Crippen LogP contribution is -2.18. The van der Waals surface area contributed by atoms with Crippen molar-refractivity contribution in [3.8, 4) is 0 Å². The van der Waals surface area contributed by atoms with E-state index in [0.29, 0.717) is 11.3 Å². The zero-order valence-electron chi connectivity index (χ0n) is 17.8. The number of aryl methyl sites for hydroxylation is 1. The van der Waals surface area contributed by atoms with Gasteiger partial charge in [0.1, 0.15) is 5.82 Å². The largest absolute Gasteiger partial charge is 0.465 e. The van der Waals surface area contributed by atoms with E-state index in [4.69, 9.17) is 4.74 Å². The molecule has 9 heteroatoms. The molecule has 0 unspecified atom stereocenters. The van der Waals surface area contributed by atoms with Crippen molar-refractivity contribution < 1.29 is 22.7 Å². The standard InChI is InChI=1S/C23H22F3N3O3/c1-11(27-19-7-6-14(22(31)32-3)8-16(19)13-4-5-13)15-9-17-20(10-18(15)23(24,25)26)28-12(2)29-21(17)30/h6-11,13,27H,4-5H2,1-3H3,(H,28,29,30)/t11-/m0/s1. The number of H-pyrrole nitrogens is 1. The summed E-state index contributed by atoms with van der Waals surface area (Å²) in [6, 6.07) is 6.39. The molecule has 32 heavy (non-hydrogen) atoms. The number of alkyl halides is 3. The molecule has 1 fully saturated rings. The second-order valence-electron chi connectivity index (χ2n) is 8.04. The number of benzene rings is 2. The van der Waals surface area contributed by atoms with Crippen molar-refractivity contribution in [3.05, 3.63) is 68.8 Å². The highest BCUT2D eigenvalue weighted by atomic mass is 19.4. The van der Waals surface area contributed by atoms with Gasteiger partial charge in [0.15, 0.2) is 0 Å². The fourth-order valence-electron chi connectivity index (χ4n) is 3.91. The molecule has 1 atom stereocenters. The normalized spacial score (nSPS) is 14.9. The van der Waals surface area contributed by atoms with Gasteiger partial charge in [0.2, 0.25) is 0 Å². The van der Waals surface area contributed by atoms with Crippen molar-refractivity contribution in [1.29, 1.82) is 0 Å². The number of fused-ring (bicyclic) bond motifs is 1. The molecule has 1 saturated carbocycles. The van der Waals surface area contributed by atoms with Crippen LogP contribution in [0, 0.1) is 6.92 Å².